The summed E-state index contributed by atoms with van der Waals surface area (Å²) in [6.07, 6.45) is 4.81. The van der Waals surface area contributed by atoms with Gasteiger partial charge in [0.25, 0.3) is 0 Å². The lowest BCUT2D eigenvalue weighted by Gasteiger charge is -2.26. The molecule has 0 aromatic heterocycles. The van der Waals surface area contributed by atoms with Crippen LogP contribution in [0.15, 0.2) is 24.3 Å². The average molecular weight is 265 g/mol. The number of hydrogen-bond acceptors (Lipinski definition) is 2. The van der Waals surface area contributed by atoms with Gasteiger partial charge in [-0.3, -0.25) is 4.21 Å². The molecule has 1 aromatic rings. The molecule has 100 valence electrons. The largest absolute Gasteiger partial charge is 0.326 e. The Bertz CT molecular complexity index is 401. The molecule has 0 amide bonds. The van der Waals surface area contributed by atoms with E-state index in [0.717, 1.165) is 24.3 Å². The average Bonchev–Trinajstić information content (AvgIpc) is 2.39. The minimum atomic E-state index is -0.718. The molecule has 1 fully saturated rings. The Hall–Kier alpha value is -0.670. The fourth-order valence-corrected chi connectivity index (χ4v) is 4.40. The zero-order chi connectivity index (χ0) is 13.0. The first-order chi connectivity index (χ1) is 8.69. The van der Waals surface area contributed by atoms with Crippen molar-refractivity contribution in [2.75, 3.05) is 0 Å². The molecule has 0 heterocycles. The highest BCUT2D eigenvalue weighted by atomic mass is 32.2. The Kier molecular flexibility index (Phi) is 4.95. The second-order valence-electron chi connectivity index (χ2n) is 5.44. The van der Waals surface area contributed by atoms with Gasteiger partial charge in [0.05, 0.1) is 0 Å². The van der Waals surface area contributed by atoms with E-state index in [1.165, 1.54) is 18.4 Å². The van der Waals surface area contributed by atoms with Gasteiger partial charge >= 0.3 is 0 Å². The van der Waals surface area contributed by atoms with Crippen LogP contribution in [0.1, 0.15) is 43.7 Å². The first kappa shape index (κ1) is 13.8. The molecule has 1 aromatic carbocycles. The van der Waals surface area contributed by atoms with Gasteiger partial charge in [-0.05, 0) is 29.9 Å². The summed E-state index contributed by atoms with van der Waals surface area (Å²) in [4.78, 5) is 0. The topological polar surface area (TPSA) is 43.1 Å². The lowest BCUT2D eigenvalue weighted by Crippen LogP contribution is -2.23. The molecule has 3 unspecified atom stereocenters. The summed E-state index contributed by atoms with van der Waals surface area (Å²) in [5.41, 5.74) is 7.88. The van der Waals surface area contributed by atoms with Crippen molar-refractivity contribution >= 4 is 10.8 Å². The van der Waals surface area contributed by atoms with Crippen LogP contribution in [0.2, 0.25) is 0 Å². The number of nitrogens with two attached hydrogens (primary N) is 1. The summed E-state index contributed by atoms with van der Waals surface area (Å²) in [6.45, 7) is 2.85. The normalized spacial score (nSPS) is 25.9. The molecule has 0 aliphatic heterocycles. The molecule has 0 bridgehead atoms. The van der Waals surface area contributed by atoms with Gasteiger partial charge < -0.3 is 5.73 Å². The standard InChI is InChI=1S/C15H23NOS/c1-12-3-2-4-15(9-12)18(17)11-14-7-5-13(10-16)6-8-14/h5-8,12,15H,2-4,9-11,16H2,1H3. The van der Waals surface area contributed by atoms with E-state index in [0.29, 0.717) is 17.5 Å². The van der Waals surface area contributed by atoms with E-state index in [9.17, 15) is 4.21 Å². The van der Waals surface area contributed by atoms with E-state index >= 15 is 0 Å². The maximum Gasteiger partial charge on any atom is 0.0488 e. The van der Waals surface area contributed by atoms with Crippen molar-refractivity contribution in [1.29, 1.82) is 0 Å². The molecule has 0 saturated heterocycles. The second kappa shape index (κ2) is 6.48. The van der Waals surface area contributed by atoms with Crippen LogP contribution in [0.3, 0.4) is 0 Å². The molecule has 1 saturated carbocycles. The summed E-state index contributed by atoms with van der Waals surface area (Å²) in [7, 11) is -0.718. The van der Waals surface area contributed by atoms with Crippen molar-refractivity contribution in [3.05, 3.63) is 35.4 Å². The number of hydrogen-bond donors (Lipinski definition) is 1. The highest BCUT2D eigenvalue weighted by molar-refractivity contribution is 7.84. The van der Waals surface area contributed by atoms with E-state index in [-0.39, 0.29) is 0 Å². The van der Waals surface area contributed by atoms with Gasteiger partial charge in [-0.25, -0.2) is 0 Å². The fourth-order valence-electron chi connectivity index (χ4n) is 2.67. The van der Waals surface area contributed by atoms with Gasteiger partial charge in [0.2, 0.25) is 0 Å². The van der Waals surface area contributed by atoms with Crippen molar-refractivity contribution in [2.45, 2.75) is 50.2 Å². The molecule has 1 aliphatic carbocycles. The summed E-state index contributed by atoms with van der Waals surface area (Å²) in [6, 6.07) is 8.20. The van der Waals surface area contributed by atoms with Crippen molar-refractivity contribution < 1.29 is 4.21 Å². The molecule has 2 nitrogen and oxygen atoms in total. The van der Waals surface area contributed by atoms with E-state index < -0.39 is 10.8 Å². The van der Waals surface area contributed by atoms with Crippen LogP contribution in [-0.2, 0) is 23.1 Å². The van der Waals surface area contributed by atoms with E-state index in [1.807, 2.05) is 12.1 Å². The molecule has 2 rings (SSSR count). The van der Waals surface area contributed by atoms with Crippen LogP contribution in [-0.4, -0.2) is 9.46 Å². The summed E-state index contributed by atoms with van der Waals surface area (Å²) >= 11 is 0. The van der Waals surface area contributed by atoms with Crippen molar-refractivity contribution in [2.24, 2.45) is 11.7 Å². The highest BCUT2D eigenvalue weighted by Gasteiger charge is 2.23. The number of rotatable bonds is 4. The third-order valence-electron chi connectivity index (χ3n) is 3.83. The third kappa shape index (κ3) is 3.66. The van der Waals surface area contributed by atoms with Crippen LogP contribution < -0.4 is 5.73 Å². The lowest BCUT2D eigenvalue weighted by molar-refractivity contribution is 0.389. The quantitative estimate of drug-likeness (QED) is 0.909. The van der Waals surface area contributed by atoms with E-state index in [2.05, 4.69) is 19.1 Å². The molecule has 0 radical (unpaired) electrons. The zero-order valence-electron chi connectivity index (χ0n) is 11.1. The van der Waals surface area contributed by atoms with Crippen LogP contribution in [0.25, 0.3) is 0 Å². The Balaban J connectivity index is 1.93. The summed E-state index contributed by atoms with van der Waals surface area (Å²) in [5.74, 6) is 1.44. The predicted octanol–water partition coefficient (Wildman–Crippen LogP) is 2.97. The Morgan fingerprint density at radius 2 is 1.89 bits per heavy atom. The first-order valence-electron chi connectivity index (χ1n) is 6.84. The molecular weight excluding hydrogens is 242 g/mol. The first-order valence-corrected chi connectivity index (χ1v) is 8.22. The Labute approximate surface area is 112 Å². The van der Waals surface area contributed by atoms with Crippen LogP contribution in [0, 0.1) is 5.92 Å². The van der Waals surface area contributed by atoms with Gasteiger partial charge in [-0.1, -0.05) is 44.0 Å². The SMILES string of the molecule is CC1CCCC(S(=O)Cc2ccc(CN)cc2)C1. The Morgan fingerprint density at radius 3 is 2.50 bits per heavy atom. The molecule has 3 heteroatoms. The zero-order valence-corrected chi connectivity index (χ0v) is 11.9. The van der Waals surface area contributed by atoms with Crippen molar-refractivity contribution in [3.63, 3.8) is 0 Å². The fraction of sp³-hybridized carbons (Fsp3) is 0.600. The van der Waals surface area contributed by atoms with Gasteiger partial charge in [0, 0.05) is 28.3 Å². The van der Waals surface area contributed by atoms with Crippen LogP contribution in [0.5, 0.6) is 0 Å². The predicted molar refractivity (Wildman–Crippen MR) is 77.6 cm³/mol. The van der Waals surface area contributed by atoms with Gasteiger partial charge in [-0.15, -0.1) is 0 Å². The maximum absolute atomic E-state index is 12.4. The smallest absolute Gasteiger partial charge is 0.0488 e. The molecule has 2 N–H and O–H groups in total. The minimum Gasteiger partial charge on any atom is -0.326 e. The molecule has 0 spiro atoms. The molecule has 3 atom stereocenters. The van der Waals surface area contributed by atoms with Crippen molar-refractivity contribution in [3.8, 4) is 0 Å². The summed E-state index contributed by atoms with van der Waals surface area (Å²) < 4.78 is 12.4. The number of benzene rings is 1. The molecular formula is C15H23NOS. The van der Waals surface area contributed by atoms with E-state index in [4.69, 9.17) is 5.73 Å². The highest BCUT2D eigenvalue weighted by Crippen LogP contribution is 2.28. The lowest BCUT2D eigenvalue weighted by atomic mass is 9.91. The molecule has 18 heavy (non-hydrogen) atoms. The third-order valence-corrected chi connectivity index (χ3v) is 5.62. The van der Waals surface area contributed by atoms with Gasteiger partial charge in [-0.2, -0.15) is 0 Å². The Morgan fingerprint density at radius 1 is 1.22 bits per heavy atom. The van der Waals surface area contributed by atoms with Crippen molar-refractivity contribution in [1.82, 2.24) is 0 Å². The van der Waals surface area contributed by atoms with Gasteiger partial charge in [0.15, 0.2) is 0 Å². The van der Waals surface area contributed by atoms with Crippen LogP contribution in [0.4, 0.5) is 0 Å². The monoisotopic (exact) mass is 265 g/mol. The second-order valence-corrected chi connectivity index (χ2v) is 7.16. The minimum absolute atomic E-state index is 0.405. The summed E-state index contributed by atoms with van der Waals surface area (Å²) in [5, 5.41) is 0.405. The molecule has 1 aliphatic rings. The maximum atomic E-state index is 12.4. The van der Waals surface area contributed by atoms with Gasteiger partial charge in [0.1, 0.15) is 0 Å². The van der Waals surface area contributed by atoms with Crippen LogP contribution >= 0.6 is 0 Å². The van der Waals surface area contributed by atoms with E-state index in [1.54, 1.807) is 0 Å².